The highest BCUT2D eigenvalue weighted by molar-refractivity contribution is 6.30. The number of amides is 1. The number of carbonyl (C=O) groups excluding carboxylic acids is 1. The minimum atomic E-state index is -4.41. The molecular formula is C26H29ClF3NO2. The lowest BCUT2D eigenvalue weighted by molar-refractivity contribution is -0.153. The fraction of sp³-hybridized carbons (Fsp3) is 0.500. The second-order valence-corrected chi connectivity index (χ2v) is 10.2. The van der Waals surface area contributed by atoms with Crippen molar-refractivity contribution >= 4 is 17.5 Å². The van der Waals surface area contributed by atoms with E-state index in [0.717, 1.165) is 30.9 Å². The van der Waals surface area contributed by atoms with Gasteiger partial charge in [0, 0.05) is 22.9 Å². The Balaban J connectivity index is 1.58. The first-order valence-electron chi connectivity index (χ1n) is 11.4. The molecule has 0 bridgehead atoms. The van der Waals surface area contributed by atoms with Gasteiger partial charge in [-0.25, -0.2) is 0 Å². The lowest BCUT2D eigenvalue weighted by atomic mass is 9.66. The number of hydrogen-bond acceptors (Lipinski definition) is 2. The van der Waals surface area contributed by atoms with E-state index in [4.69, 9.17) is 16.3 Å². The molecule has 0 spiro atoms. The number of carbonyl (C=O) groups is 1. The Bertz CT molecular complexity index is 994. The predicted octanol–water partition coefficient (Wildman–Crippen LogP) is 6.74. The van der Waals surface area contributed by atoms with E-state index in [-0.39, 0.29) is 24.3 Å². The van der Waals surface area contributed by atoms with Crippen molar-refractivity contribution in [1.29, 1.82) is 0 Å². The molecular weight excluding hydrogens is 451 g/mol. The summed E-state index contributed by atoms with van der Waals surface area (Å²) in [7, 11) is 0. The molecule has 1 saturated heterocycles. The zero-order chi connectivity index (χ0) is 23.8. The SMILES string of the molecule is C[C@H]1CC[C@H]2[C@H](C1)O[C@H](c1cccc(C(F)(F)F)c1)C[C@]2(C)NC(=O)Cc1ccc(Cl)cc1. The number of ether oxygens (including phenoxy) is 1. The highest BCUT2D eigenvalue weighted by atomic mass is 35.5. The summed E-state index contributed by atoms with van der Waals surface area (Å²) < 4.78 is 46.3. The number of nitrogens with one attached hydrogen (secondary N) is 1. The van der Waals surface area contributed by atoms with E-state index in [2.05, 4.69) is 12.2 Å². The molecule has 33 heavy (non-hydrogen) atoms. The summed E-state index contributed by atoms with van der Waals surface area (Å²) >= 11 is 5.94. The second-order valence-electron chi connectivity index (χ2n) is 9.78. The van der Waals surface area contributed by atoms with Crippen molar-refractivity contribution in [2.75, 3.05) is 0 Å². The van der Waals surface area contributed by atoms with E-state index in [1.165, 1.54) is 12.1 Å². The van der Waals surface area contributed by atoms with E-state index in [1.54, 1.807) is 18.2 Å². The van der Waals surface area contributed by atoms with Crippen LogP contribution in [0.15, 0.2) is 48.5 Å². The van der Waals surface area contributed by atoms with Crippen molar-refractivity contribution in [3.8, 4) is 0 Å². The van der Waals surface area contributed by atoms with Gasteiger partial charge in [-0.3, -0.25) is 4.79 Å². The molecule has 1 aliphatic carbocycles. The van der Waals surface area contributed by atoms with E-state index < -0.39 is 23.4 Å². The molecule has 1 heterocycles. The van der Waals surface area contributed by atoms with Crippen molar-refractivity contribution in [3.05, 3.63) is 70.2 Å². The molecule has 4 rings (SSSR count). The number of fused-ring (bicyclic) bond motifs is 1. The molecule has 1 amide bonds. The summed E-state index contributed by atoms with van der Waals surface area (Å²) in [6, 6.07) is 12.5. The van der Waals surface area contributed by atoms with Gasteiger partial charge in [-0.1, -0.05) is 49.2 Å². The second kappa shape index (κ2) is 9.30. The van der Waals surface area contributed by atoms with Gasteiger partial charge in [0.05, 0.1) is 24.2 Å². The van der Waals surface area contributed by atoms with Crippen LogP contribution in [0.3, 0.4) is 0 Å². The Hall–Kier alpha value is -2.05. The van der Waals surface area contributed by atoms with E-state index in [1.807, 2.05) is 19.1 Å². The van der Waals surface area contributed by atoms with Crippen LogP contribution < -0.4 is 5.32 Å². The summed E-state index contributed by atoms with van der Waals surface area (Å²) in [4.78, 5) is 13.0. The van der Waals surface area contributed by atoms with Gasteiger partial charge in [-0.2, -0.15) is 13.2 Å². The number of halogens is 4. The third-order valence-corrected chi connectivity index (χ3v) is 7.36. The standard InChI is InChI=1S/C26H29ClF3NO2/c1-16-6-11-21-22(12-16)33-23(18-4-3-5-19(14-18)26(28,29)30)15-25(21,2)31-24(32)13-17-7-9-20(27)10-8-17/h3-5,7-10,14,16,21-23H,6,11-13,15H2,1-2H3,(H,31,32)/t16-,21-,22-,23-,25-/m0/s1. The third kappa shape index (κ3) is 5.55. The average molecular weight is 480 g/mol. The summed E-state index contributed by atoms with van der Waals surface area (Å²) in [6.07, 6.45) is -1.60. The first kappa shape index (κ1) is 24.1. The van der Waals surface area contributed by atoms with Gasteiger partial charge in [-0.05, 0) is 61.1 Å². The number of hydrogen-bond donors (Lipinski definition) is 1. The first-order chi connectivity index (χ1) is 15.5. The minimum absolute atomic E-state index is 0.108. The summed E-state index contributed by atoms with van der Waals surface area (Å²) in [5, 5.41) is 3.85. The fourth-order valence-electron chi connectivity index (χ4n) is 5.41. The van der Waals surface area contributed by atoms with Crippen LogP contribution in [0.25, 0.3) is 0 Å². The van der Waals surface area contributed by atoms with Crippen molar-refractivity contribution in [2.45, 2.75) is 69.9 Å². The van der Waals surface area contributed by atoms with Crippen LogP contribution in [0, 0.1) is 11.8 Å². The van der Waals surface area contributed by atoms with Gasteiger partial charge < -0.3 is 10.1 Å². The molecule has 2 fully saturated rings. The van der Waals surface area contributed by atoms with Gasteiger partial charge in [0.1, 0.15) is 0 Å². The Morgan fingerprint density at radius 1 is 1.18 bits per heavy atom. The van der Waals surface area contributed by atoms with Crippen LogP contribution in [0.2, 0.25) is 5.02 Å². The predicted molar refractivity (Wildman–Crippen MR) is 122 cm³/mol. The van der Waals surface area contributed by atoms with Crippen LogP contribution >= 0.6 is 11.6 Å². The normalized spacial score (nSPS) is 29.9. The molecule has 7 heteroatoms. The lowest BCUT2D eigenvalue weighted by Gasteiger charge is -2.52. The molecule has 0 radical (unpaired) electrons. The topological polar surface area (TPSA) is 38.3 Å². The van der Waals surface area contributed by atoms with Gasteiger partial charge in [0.15, 0.2) is 0 Å². The van der Waals surface area contributed by atoms with Gasteiger partial charge in [0.2, 0.25) is 5.91 Å². The Morgan fingerprint density at radius 3 is 2.61 bits per heavy atom. The van der Waals surface area contributed by atoms with Crippen LogP contribution in [-0.4, -0.2) is 17.6 Å². The van der Waals surface area contributed by atoms with E-state index in [9.17, 15) is 18.0 Å². The number of rotatable bonds is 4. The Kier molecular flexibility index (Phi) is 6.79. The molecule has 178 valence electrons. The van der Waals surface area contributed by atoms with Crippen molar-refractivity contribution in [1.82, 2.24) is 5.32 Å². The zero-order valence-corrected chi connectivity index (χ0v) is 19.5. The molecule has 2 aromatic carbocycles. The molecule has 2 aliphatic rings. The molecule has 3 nitrogen and oxygen atoms in total. The summed E-state index contributed by atoms with van der Waals surface area (Å²) in [5.74, 6) is 0.479. The maximum atomic E-state index is 13.3. The summed E-state index contributed by atoms with van der Waals surface area (Å²) in [5.41, 5.74) is 0.0950. The highest BCUT2D eigenvalue weighted by Gasteiger charge is 2.49. The Labute approximate surface area is 197 Å². The van der Waals surface area contributed by atoms with Crippen molar-refractivity contribution < 1.29 is 22.7 Å². The smallest absolute Gasteiger partial charge is 0.370 e. The molecule has 2 aromatic rings. The van der Waals surface area contributed by atoms with Gasteiger partial charge in [-0.15, -0.1) is 0 Å². The molecule has 0 unspecified atom stereocenters. The summed E-state index contributed by atoms with van der Waals surface area (Å²) in [6.45, 7) is 4.19. The molecule has 1 saturated carbocycles. The molecule has 5 atom stereocenters. The number of benzene rings is 2. The van der Waals surface area contributed by atoms with Crippen molar-refractivity contribution in [2.24, 2.45) is 11.8 Å². The van der Waals surface area contributed by atoms with E-state index >= 15 is 0 Å². The first-order valence-corrected chi connectivity index (χ1v) is 11.8. The lowest BCUT2D eigenvalue weighted by Crippen LogP contribution is -2.60. The molecule has 1 aliphatic heterocycles. The average Bonchev–Trinajstić information content (AvgIpc) is 2.74. The molecule has 0 aromatic heterocycles. The number of alkyl halides is 3. The maximum absolute atomic E-state index is 13.3. The van der Waals surface area contributed by atoms with Crippen molar-refractivity contribution in [3.63, 3.8) is 0 Å². The highest BCUT2D eigenvalue weighted by Crippen LogP contribution is 2.48. The largest absolute Gasteiger partial charge is 0.416 e. The van der Waals surface area contributed by atoms with Crippen LogP contribution in [-0.2, 0) is 22.1 Å². The third-order valence-electron chi connectivity index (χ3n) is 7.11. The van der Waals surface area contributed by atoms with Gasteiger partial charge >= 0.3 is 6.18 Å². The Morgan fingerprint density at radius 2 is 1.91 bits per heavy atom. The van der Waals surface area contributed by atoms with Crippen LogP contribution in [0.4, 0.5) is 13.2 Å². The van der Waals surface area contributed by atoms with Gasteiger partial charge in [0.25, 0.3) is 0 Å². The van der Waals surface area contributed by atoms with Crippen LogP contribution in [0.5, 0.6) is 0 Å². The quantitative estimate of drug-likeness (QED) is 0.527. The maximum Gasteiger partial charge on any atom is 0.416 e. The van der Waals surface area contributed by atoms with E-state index in [0.29, 0.717) is 22.9 Å². The van der Waals surface area contributed by atoms with Crippen LogP contribution in [0.1, 0.15) is 62.3 Å². The minimum Gasteiger partial charge on any atom is -0.370 e. The molecule has 1 N–H and O–H groups in total. The zero-order valence-electron chi connectivity index (χ0n) is 18.8. The fourth-order valence-corrected chi connectivity index (χ4v) is 5.54. The monoisotopic (exact) mass is 479 g/mol.